The molecule has 0 radical (unpaired) electrons. The van der Waals surface area contributed by atoms with Gasteiger partial charge < -0.3 is 14.8 Å². The Morgan fingerprint density at radius 1 is 1.20 bits per heavy atom. The molecule has 3 amide bonds. The van der Waals surface area contributed by atoms with Crippen LogP contribution in [0, 0.1) is 22.0 Å². The molecule has 0 bridgehead atoms. The topological polar surface area (TPSA) is 145 Å². The monoisotopic (exact) mass is 417 g/mol. The van der Waals surface area contributed by atoms with Gasteiger partial charge >= 0.3 is 5.97 Å². The van der Waals surface area contributed by atoms with Crippen LogP contribution in [0.3, 0.4) is 0 Å². The van der Waals surface area contributed by atoms with Crippen LogP contribution in [0.1, 0.15) is 12.8 Å². The molecule has 1 heterocycles. The fraction of sp³-hybridized carbons (Fsp3) is 0.368. The number of allylic oxidation sites excluding steroid dienone is 2. The number of hydrogen-bond donors (Lipinski definition) is 1. The molecule has 3 rings (SSSR count). The first-order valence-electron chi connectivity index (χ1n) is 9.10. The summed E-state index contributed by atoms with van der Waals surface area (Å²) in [5, 5.41) is 13.4. The Kier molecular flexibility index (Phi) is 6.09. The van der Waals surface area contributed by atoms with Crippen molar-refractivity contribution in [2.75, 3.05) is 25.6 Å². The zero-order valence-corrected chi connectivity index (χ0v) is 16.0. The van der Waals surface area contributed by atoms with Gasteiger partial charge in [-0.25, -0.2) is 0 Å². The molecule has 1 N–H and O–H groups in total. The molecule has 0 spiro atoms. The number of fused-ring (bicyclic) bond motifs is 1. The lowest BCUT2D eigenvalue weighted by Gasteiger charge is -2.14. The lowest BCUT2D eigenvalue weighted by Crippen LogP contribution is -2.37. The number of nitrogens with one attached hydrogen (secondary N) is 1. The molecule has 11 heteroatoms. The number of nitrogens with zero attached hydrogens (tertiary/aromatic N) is 2. The number of carbonyl (C=O) groups is 4. The van der Waals surface area contributed by atoms with Crippen LogP contribution in [-0.2, 0) is 23.9 Å². The van der Waals surface area contributed by atoms with Crippen LogP contribution < -0.4 is 10.1 Å². The number of rotatable bonds is 7. The number of methoxy groups -OCH3 is 1. The van der Waals surface area contributed by atoms with Gasteiger partial charge in [0.05, 0.1) is 29.9 Å². The molecule has 158 valence electrons. The van der Waals surface area contributed by atoms with Crippen LogP contribution in [0.4, 0.5) is 11.4 Å². The van der Waals surface area contributed by atoms with Gasteiger partial charge in [0.1, 0.15) is 18.0 Å². The predicted molar refractivity (Wildman–Crippen MR) is 101 cm³/mol. The van der Waals surface area contributed by atoms with Gasteiger partial charge in [0.2, 0.25) is 11.8 Å². The van der Waals surface area contributed by atoms with E-state index in [0.717, 1.165) is 11.0 Å². The summed E-state index contributed by atoms with van der Waals surface area (Å²) in [5.41, 5.74) is -0.484. The van der Waals surface area contributed by atoms with E-state index in [0.29, 0.717) is 12.8 Å². The summed E-state index contributed by atoms with van der Waals surface area (Å²) in [6.45, 7) is -1.31. The average Bonchev–Trinajstić information content (AvgIpc) is 2.97. The normalized spacial score (nSPS) is 20.0. The van der Waals surface area contributed by atoms with Crippen LogP contribution >= 0.6 is 0 Å². The van der Waals surface area contributed by atoms with Crippen molar-refractivity contribution in [2.45, 2.75) is 12.8 Å². The van der Waals surface area contributed by atoms with E-state index in [9.17, 15) is 29.3 Å². The van der Waals surface area contributed by atoms with E-state index in [-0.39, 0.29) is 11.4 Å². The first kappa shape index (κ1) is 21.0. The number of likely N-dealkylation sites (tertiary alicyclic amines) is 1. The first-order chi connectivity index (χ1) is 14.3. The number of amides is 3. The number of hydrogen-bond acceptors (Lipinski definition) is 8. The smallest absolute Gasteiger partial charge is 0.326 e. The molecule has 30 heavy (non-hydrogen) atoms. The molecule has 1 fully saturated rings. The number of carbonyl (C=O) groups excluding carboxylic acids is 4. The highest BCUT2D eigenvalue weighted by molar-refractivity contribution is 6.07. The van der Waals surface area contributed by atoms with Crippen molar-refractivity contribution in [3.8, 4) is 5.75 Å². The highest BCUT2D eigenvalue weighted by Crippen LogP contribution is 2.35. The third kappa shape index (κ3) is 4.29. The molecule has 1 aliphatic heterocycles. The van der Waals surface area contributed by atoms with Crippen LogP contribution in [-0.4, -0.2) is 53.8 Å². The third-order valence-corrected chi connectivity index (χ3v) is 4.93. The maximum absolute atomic E-state index is 12.3. The number of anilines is 1. The lowest BCUT2D eigenvalue weighted by atomic mass is 9.85. The average molecular weight is 417 g/mol. The number of imide groups is 1. The first-order valence-corrected chi connectivity index (χ1v) is 9.10. The van der Waals surface area contributed by atoms with E-state index < -0.39 is 59.3 Å². The van der Waals surface area contributed by atoms with Gasteiger partial charge in [-0.1, -0.05) is 12.2 Å². The highest BCUT2D eigenvalue weighted by Gasteiger charge is 2.47. The van der Waals surface area contributed by atoms with Gasteiger partial charge in [0.15, 0.2) is 6.61 Å². The van der Waals surface area contributed by atoms with Crippen LogP contribution in [0.2, 0.25) is 0 Å². The van der Waals surface area contributed by atoms with Crippen molar-refractivity contribution in [3.63, 3.8) is 0 Å². The standard InChI is InChI=1S/C19H19N3O8/c1-29-11-6-7-14(15(8-11)22(27)28)20-16(23)10-30-17(24)9-21-18(25)12-4-2-3-5-13(12)19(21)26/h2-3,6-8,12-13H,4-5,9-10H2,1H3,(H,20,23)/t12-,13-/m1/s1. The van der Waals surface area contributed by atoms with E-state index in [1.165, 1.54) is 19.2 Å². The minimum absolute atomic E-state index is 0.0941. The van der Waals surface area contributed by atoms with Gasteiger partial charge in [-0.3, -0.25) is 34.2 Å². The highest BCUT2D eigenvalue weighted by atomic mass is 16.6. The molecule has 2 atom stereocenters. The van der Waals surface area contributed by atoms with Crippen LogP contribution in [0.25, 0.3) is 0 Å². The summed E-state index contributed by atoms with van der Waals surface area (Å²) in [6.07, 6.45) is 4.56. The molecule has 1 aromatic carbocycles. The molecule has 0 unspecified atom stereocenters. The van der Waals surface area contributed by atoms with Gasteiger partial charge in [0.25, 0.3) is 11.6 Å². The Labute approximate surface area is 170 Å². The van der Waals surface area contributed by atoms with E-state index >= 15 is 0 Å². The Morgan fingerprint density at radius 3 is 2.40 bits per heavy atom. The van der Waals surface area contributed by atoms with Crippen LogP contribution in [0.15, 0.2) is 30.4 Å². The number of ether oxygens (including phenoxy) is 2. The van der Waals surface area contributed by atoms with Gasteiger partial charge in [-0.2, -0.15) is 0 Å². The number of benzene rings is 1. The van der Waals surface area contributed by atoms with Crippen molar-refractivity contribution in [2.24, 2.45) is 11.8 Å². The fourth-order valence-corrected chi connectivity index (χ4v) is 3.43. The molecule has 1 saturated heterocycles. The molecule has 1 aromatic rings. The van der Waals surface area contributed by atoms with Crippen LogP contribution in [0.5, 0.6) is 5.75 Å². The second-order valence-electron chi connectivity index (χ2n) is 6.77. The number of esters is 1. The van der Waals surface area contributed by atoms with E-state index in [4.69, 9.17) is 9.47 Å². The molecule has 2 aliphatic rings. The van der Waals surface area contributed by atoms with Crippen molar-refractivity contribution < 1.29 is 33.6 Å². The largest absolute Gasteiger partial charge is 0.496 e. The second-order valence-corrected chi connectivity index (χ2v) is 6.77. The maximum atomic E-state index is 12.3. The summed E-state index contributed by atoms with van der Waals surface area (Å²) in [4.78, 5) is 60.0. The van der Waals surface area contributed by atoms with E-state index in [2.05, 4.69) is 5.32 Å². The van der Waals surface area contributed by atoms with Crippen molar-refractivity contribution in [3.05, 3.63) is 40.5 Å². The van der Waals surface area contributed by atoms with Crippen molar-refractivity contribution in [1.82, 2.24) is 4.90 Å². The zero-order valence-electron chi connectivity index (χ0n) is 16.0. The summed E-state index contributed by atoms with van der Waals surface area (Å²) in [5.74, 6) is -3.28. The Hall–Kier alpha value is -3.76. The zero-order chi connectivity index (χ0) is 21.8. The Balaban J connectivity index is 1.54. The second kappa shape index (κ2) is 8.72. The minimum Gasteiger partial charge on any atom is -0.496 e. The molecule has 0 aromatic heterocycles. The fourth-order valence-electron chi connectivity index (χ4n) is 3.43. The summed E-state index contributed by atoms with van der Waals surface area (Å²) < 4.78 is 9.74. The third-order valence-electron chi connectivity index (χ3n) is 4.93. The minimum atomic E-state index is -0.928. The number of nitro groups is 1. The van der Waals surface area contributed by atoms with Crippen molar-refractivity contribution >= 4 is 35.1 Å². The summed E-state index contributed by atoms with van der Waals surface area (Å²) in [7, 11) is 1.35. The van der Waals surface area contributed by atoms with Crippen molar-refractivity contribution in [1.29, 1.82) is 0 Å². The molecular weight excluding hydrogens is 398 g/mol. The van der Waals surface area contributed by atoms with Gasteiger partial charge in [-0.05, 0) is 25.0 Å². The SMILES string of the molecule is COc1ccc(NC(=O)COC(=O)CN2C(=O)[C@@H]3CC=CC[C@H]3C2=O)c([N+](=O)[O-])c1. The number of nitro benzene ring substituents is 1. The van der Waals surface area contributed by atoms with Gasteiger partial charge in [-0.15, -0.1) is 0 Å². The Bertz CT molecular complexity index is 916. The molecule has 0 saturated carbocycles. The quantitative estimate of drug-likeness (QED) is 0.228. The molecule has 1 aliphatic carbocycles. The predicted octanol–water partition coefficient (Wildman–Crippen LogP) is 1.04. The summed E-state index contributed by atoms with van der Waals surface area (Å²) in [6, 6.07) is 3.85. The maximum Gasteiger partial charge on any atom is 0.326 e. The molecule has 11 nitrogen and oxygen atoms in total. The van der Waals surface area contributed by atoms with E-state index in [1.807, 2.05) is 12.2 Å². The molecular formula is C19H19N3O8. The lowest BCUT2D eigenvalue weighted by molar-refractivity contribution is -0.384. The Morgan fingerprint density at radius 2 is 1.83 bits per heavy atom. The van der Waals surface area contributed by atoms with Gasteiger partial charge in [0, 0.05) is 0 Å². The summed E-state index contributed by atoms with van der Waals surface area (Å²) >= 11 is 0. The van der Waals surface area contributed by atoms with E-state index in [1.54, 1.807) is 0 Å².